The van der Waals surface area contributed by atoms with Gasteiger partial charge in [0, 0.05) is 30.9 Å². The van der Waals surface area contributed by atoms with Crippen molar-refractivity contribution in [2.75, 3.05) is 32.7 Å². The number of nitrogens with zero attached hydrogens (tertiary/aromatic N) is 2. The first-order valence-corrected chi connectivity index (χ1v) is 10.3. The largest absolute Gasteiger partial charge is 0.338 e. The molecule has 2 aliphatic rings. The molecule has 1 atom stereocenters. The van der Waals surface area contributed by atoms with E-state index in [0.29, 0.717) is 26.2 Å². The highest BCUT2D eigenvalue weighted by atomic mass is 32.1. The van der Waals surface area contributed by atoms with Gasteiger partial charge < -0.3 is 15.1 Å². The van der Waals surface area contributed by atoms with Gasteiger partial charge in [-0.05, 0) is 43.3 Å². The van der Waals surface area contributed by atoms with E-state index in [4.69, 9.17) is 0 Å². The molecule has 2 amide bonds. The first-order chi connectivity index (χ1) is 12.6. The maximum absolute atomic E-state index is 13.0. The van der Waals surface area contributed by atoms with Gasteiger partial charge in [-0.1, -0.05) is 24.6 Å². The van der Waals surface area contributed by atoms with Crippen LogP contribution in [0.15, 0.2) is 24.3 Å². The van der Waals surface area contributed by atoms with Gasteiger partial charge in [0.25, 0.3) is 5.91 Å². The molecule has 0 aliphatic carbocycles. The normalized spacial score (nSPS) is 21.2. The second-order valence-electron chi connectivity index (χ2n) is 7.17. The van der Waals surface area contributed by atoms with Gasteiger partial charge in [-0.15, -0.1) is 11.3 Å². The highest BCUT2D eigenvalue weighted by Gasteiger charge is 2.30. The van der Waals surface area contributed by atoms with E-state index in [-0.39, 0.29) is 17.9 Å². The number of rotatable bonds is 2. The molecule has 5 nitrogen and oxygen atoms in total. The summed E-state index contributed by atoms with van der Waals surface area (Å²) in [6.45, 7) is 5.45. The highest BCUT2D eigenvalue weighted by Crippen LogP contribution is 2.31. The lowest BCUT2D eigenvalue weighted by atomic mass is 10.0. The topological polar surface area (TPSA) is 52.7 Å². The fraction of sp³-hybridized carbons (Fsp3) is 0.500. The fourth-order valence-corrected chi connectivity index (χ4v) is 5.11. The van der Waals surface area contributed by atoms with E-state index in [1.165, 1.54) is 0 Å². The summed E-state index contributed by atoms with van der Waals surface area (Å²) < 4.78 is 1.16. The third-order valence-electron chi connectivity index (χ3n) is 5.52. The van der Waals surface area contributed by atoms with Crippen molar-refractivity contribution in [3.63, 3.8) is 0 Å². The van der Waals surface area contributed by atoms with Crippen LogP contribution in [-0.2, 0) is 4.79 Å². The number of fused-ring (bicyclic) bond motifs is 1. The van der Waals surface area contributed by atoms with Crippen molar-refractivity contribution in [1.29, 1.82) is 0 Å². The highest BCUT2D eigenvalue weighted by molar-refractivity contribution is 7.21. The molecule has 2 fully saturated rings. The number of amides is 2. The Kier molecular flexibility index (Phi) is 4.96. The Morgan fingerprint density at radius 2 is 1.81 bits per heavy atom. The summed E-state index contributed by atoms with van der Waals surface area (Å²) in [6.07, 6.45) is 3.20. The summed E-state index contributed by atoms with van der Waals surface area (Å²) in [5, 5.41) is 4.49. The van der Waals surface area contributed by atoms with Crippen LogP contribution in [0.25, 0.3) is 10.1 Å². The third kappa shape index (κ3) is 3.23. The second-order valence-corrected chi connectivity index (χ2v) is 8.22. The van der Waals surface area contributed by atoms with Crippen LogP contribution in [0, 0.1) is 6.92 Å². The molecule has 2 aliphatic heterocycles. The maximum atomic E-state index is 13.0. The number of carbonyl (C=O) groups is 2. The zero-order valence-electron chi connectivity index (χ0n) is 15.2. The molecule has 1 aromatic carbocycles. The number of piperidine rings is 1. The molecule has 1 N–H and O–H groups in total. The van der Waals surface area contributed by atoms with Crippen LogP contribution in [0.1, 0.15) is 34.5 Å². The van der Waals surface area contributed by atoms with Crippen LogP contribution in [0.2, 0.25) is 0 Å². The summed E-state index contributed by atoms with van der Waals surface area (Å²) in [5.74, 6) is 0.307. The number of benzene rings is 1. The Bertz CT molecular complexity index is 818. The molecule has 1 unspecified atom stereocenters. The molecule has 2 aromatic rings. The average Bonchev–Trinajstić information content (AvgIpc) is 3.04. The number of thiophene rings is 1. The summed E-state index contributed by atoms with van der Waals surface area (Å²) in [7, 11) is 0. The molecule has 0 bridgehead atoms. The molecule has 0 spiro atoms. The predicted molar refractivity (Wildman–Crippen MR) is 105 cm³/mol. The maximum Gasteiger partial charge on any atom is 0.264 e. The van der Waals surface area contributed by atoms with Crippen LogP contribution in [0.5, 0.6) is 0 Å². The number of piperazine rings is 1. The molecule has 0 saturated carbocycles. The molecular weight excluding hydrogens is 346 g/mol. The van der Waals surface area contributed by atoms with Crippen LogP contribution in [0.3, 0.4) is 0 Å². The standard InChI is InChI=1S/C20H25N3O2S/c1-14-15-6-2-3-8-17(15)26-18(14)20(25)23-12-10-22(11-13-23)19(24)16-7-4-5-9-21-16/h2-3,6,8,16,21H,4-5,7,9-13H2,1H3. The Hall–Kier alpha value is -1.92. The number of carbonyl (C=O) groups excluding carboxylic acids is 2. The van der Waals surface area contributed by atoms with Gasteiger partial charge in [0.05, 0.1) is 10.9 Å². The van der Waals surface area contributed by atoms with Crippen molar-refractivity contribution in [3.8, 4) is 0 Å². The van der Waals surface area contributed by atoms with Gasteiger partial charge in [0.2, 0.25) is 5.91 Å². The van der Waals surface area contributed by atoms with Crippen molar-refractivity contribution in [2.24, 2.45) is 0 Å². The molecule has 138 valence electrons. The molecule has 0 radical (unpaired) electrons. The Labute approximate surface area is 158 Å². The Morgan fingerprint density at radius 3 is 2.50 bits per heavy atom. The van der Waals surface area contributed by atoms with E-state index in [2.05, 4.69) is 17.4 Å². The minimum Gasteiger partial charge on any atom is -0.338 e. The van der Waals surface area contributed by atoms with E-state index >= 15 is 0 Å². The van der Waals surface area contributed by atoms with Crippen LogP contribution in [0.4, 0.5) is 0 Å². The molecule has 26 heavy (non-hydrogen) atoms. The van der Waals surface area contributed by atoms with E-state index in [0.717, 1.165) is 46.3 Å². The smallest absolute Gasteiger partial charge is 0.264 e. The molecule has 4 rings (SSSR count). The van der Waals surface area contributed by atoms with E-state index in [9.17, 15) is 9.59 Å². The lowest BCUT2D eigenvalue weighted by molar-refractivity contribution is -0.135. The fourth-order valence-electron chi connectivity index (χ4n) is 3.93. The minimum atomic E-state index is -0.0316. The predicted octanol–water partition coefficient (Wildman–Crippen LogP) is 2.64. The zero-order valence-corrected chi connectivity index (χ0v) is 16.0. The summed E-state index contributed by atoms with van der Waals surface area (Å²) in [6, 6.07) is 8.13. The lowest BCUT2D eigenvalue weighted by Crippen LogP contribution is -2.55. The number of hydrogen-bond acceptors (Lipinski definition) is 4. The van der Waals surface area contributed by atoms with Gasteiger partial charge in [0.15, 0.2) is 0 Å². The number of hydrogen-bond donors (Lipinski definition) is 1. The van der Waals surface area contributed by atoms with Crippen LogP contribution < -0.4 is 5.32 Å². The molecule has 3 heterocycles. The molecular formula is C20H25N3O2S. The van der Waals surface area contributed by atoms with Crippen LogP contribution in [-0.4, -0.2) is 60.4 Å². The minimum absolute atomic E-state index is 0.0316. The summed E-state index contributed by atoms with van der Waals surface area (Å²) in [5.41, 5.74) is 1.07. The Balaban J connectivity index is 1.41. The lowest BCUT2D eigenvalue weighted by Gasteiger charge is -2.37. The van der Waals surface area contributed by atoms with Gasteiger partial charge in [-0.2, -0.15) is 0 Å². The van der Waals surface area contributed by atoms with Gasteiger partial charge >= 0.3 is 0 Å². The molecule has 6 heteroatoms. The summed E-state index contributed by atoms with van der Waals surface area (Å²) in [4.78, 5) is 30.3. The van der Waals surface area contributed by atoms with E-state index in [1.807, 2.05) is 28.9 Å². The first kappa shape index (κ1) is 17.5. The molecule has 2 saturated heterocycles. The van der Waals surface area contributed by atoms with Crippen molar-refractivity contribution >= 4 is 33.2 Å². The molecule has 1 aromatic heterocycles. The van der Waals surface area contributed by atoms with Gasteiger partial charge in [0.1, 0.15) is 0 Å². The van der Waals surface area contributed by atoms with Crippen molar-refractivity contribution in [3.05, 3.63) is 34.7 Å². The third-order valence-corrected chi connectivity index (χ3v) is 6.79. The van der Waals surface area contributed by atoms with Gasteiger partial charge in [-0.3, -0.25) is 9.59 Å². The monoisotopic (exact) mass is 371 g/mol. The van der Waals surface area contributed by atoms with Crippen molar-refractivity contribution in [2.45, 2.75) is 32.2 Å². The number of nitrogens with one attached hydrogen (secondary N) is 1. The average molecular weight is 372 g/mol. The number of aryl methyl sites for hydroxylation is 1. The van der Waals surface area contributed by atoms with Crippen molar-refractivity contribution < 1.29 is 9.59 Å². The zero-order chi connectivity index (χ0) is 18.1. The Morgan fingerprint density at radius 1 is 1.08 bits per heavy atom. The van der Waals surface area contributed by atoms with Gasteiger partial charge in [-0.25, -0.2) is 0 Å². The summed E-state index contributed by atoms with van der Waals surface area (Å²) >= 11 is 1.57. The first-order valence-electron chi connectivity index (χ1n) is 9.45. The quantitative estimate of drug-likeness (QED) is 0.883. The van der Waals surface area contributed by atoms with Crippen molar-refractivity contribution in [1.82, 2.24) is 15.1 Å². The van der Waals surface area contributed by atoms with E-state index in [1.54, 1.807) is 11.3 Å². The SMILES string of the molecule is Cc1c(C(=O)N2CCN(C(=O)C3CCCCN3)CC2)sc2ccccc12. The van der Waals surface area contributed by atoms with E-state index < -0.39 is 0 Å². The second kappa shape index (κ2) is 7.37. The van der Waals surface area contributed by atoms with Crippen LogP contribution >= 0.6 is 11.3 Å².